The zero-order valence-corrected chi connectivity index (χ0v) is 15.3. The van der Waals surface area contributed by atoms with Crippen LogP contribution in [0.15, 0.2) is 42.7 Å². The molecule has 0 saturated heterocycles. The highest BCUT2D eigenvalue weighted by molar-refractivity contribution is 6.31. The maximum absolute atomic E-state index is 13.2. The van der Waals surface area contributed by atoms with Crippen LogP contribution in [0.3, 0.4) is 0 Å². The molecule has 1 saturated carbocycles. The second-order valence-electron chi connectivity index (χ2n) is 6.89. The molecular weight excluding hydrogens is 335 g/mol. The molecule has 1 aromatic carbocycles. The molecule has 0 aliphatic heterocycles. The van der Waals surface area contributed by atoms with Gasteiger partial charge in [0.15, 0.2) is 5.82 Å². The van der Waals surface area contributed by atoms with Gasteiger partial charge >= 0.3 is 0 Å². The van der Waals surface area contributed by atoms with Gasteiger partial charge in [-0.1, -0.05) is 23.8 Å². The van der Waals surface area contributed by atoms with E-state index in [4.69, 9.17) is 11.6 Å². The molecule has 0 N–H and O–H groups in total. The van der Waals surface area contributed by atoms with Crippen molar-refractivity contribution in [3.63, 3.8) is 0 Å². The van der Waals surface area contributed by atoms with Gasteiger partial charge in [-0.2, -0.15) is 0 Å². The highest BCUT2D eigenvalue weighted by atomic mass is 35.5. The fourth-order valence-corrected chi connectivity index (χ4v) is 3.76. The lowest BCUT2D eigenvalue weighted by Crippen LogP contribution is -2.13. The van der Waals surface area contributed by atoms with E-state index < -0.39 is 5.82 Å². The molecule has 1 fully saturated rings. The average molecular weight is 359 g/mol. The van der Waals surface area contributed by atoms with E-state index in [-0.39, 0.29) is 5.02 Å². The molecule has 0 radical (unpaired) electrons. The molecule has 1 aromatic heterocycles. The number of allylic oxidation sites excluding steroid dienone is 2. The lowest BCUT2D eigenvalue weighted by Gasteiger charge is -2.26. The van der Waals surface area contributed by atoms with Crippen LogP contribution in [0.5, 0.6) is 0 Å². The van der Waals surface area contributed by atoms with E-state index in [1.165, 1.54) is 38.2 Å². The van der Waals surface area contributed by atoms with Gasteiger partial charge in [0.25, 0.3) is 0 Å². The summed E-state index contributed by atoms with van der Waals surface area (Å²) in [7, 11) is 0. The molecule has 132 valence electrons. The fourth-order valence-electron chi connectivity index (χ4n) is 3.58. The number of aryl methyl sites for hydroxylation is 1. The first-order valence-electron chi connectivity index (χ1n) is 9.05. The van der Waals surface area contributed by atoms with Crippen LogP contribution in [0, 0.1) is 17.7 Å². The Morgan fingerprint density at radius 2 is 1.88 bits per heavy atom. The van der Waals surface area contributed by atoms with Crippen molar-refractivity contribution < 1.29 is 4.39 Å². The predicted octanol–water partition coefficient (Wildman–Crippen LogP) is 6.25. The van der Waals surface area contributed by atoms with Gasteiger partial charge < -0.3 is 0 Å². The van der Waals surface area contributed by atoms with E-state index in [9.17, 15) is 4.39 Å². The van der Waals surface area contributed by atoms with Crippen LogP contribution in [-0.4, -0.2) is 9.97 Å². The van der Waals surface area contributed by atoms with Crippen molar-refractivity contribution in [2.24, 2.45) is 11.8 Å². The zero-order valence-electron chi connectivity index (χ0n) is 14.6. The summed E-state index contributed by atoms with van der Waals surface area (Å²) in [6.07, 6.45) is 15.8. The maximum atomic E-state index is 13.2. The largest absolute Gasteiger partial charge is 0.236 e. The molecule has 0 spiro atoms. The number of rotatable bonds is 5. The SMILES string of the molecule is CC=CC1CCC(CCc2cnc(-c3ccc(F)c(Cl)c3)nc2)CC1. The van der Waals surface area contributed by atoms with Crippen molar-refractivity contribution in [3.05, 3.63) is 59.1 Å². The summed E-state index contributed by atoms with van der Waals surface area (Å²) in [5, 5.41) is 0.0960. The van der Waals surface area contributed by atoms with Crippen molar-refractivity contribution in [2.75, 3.05) is 0 Å². The smallest absolute Gasteiger partial charge is 0.159 e. The van der Waals surface area contributed by atoms with Crippen LogP contribution in [0.2, 0.25) is 5.02 Å². The summed E-state index contributed by atoms with van der Waals surface area (Å²) in [5.41, 5.74) is 1.90. The van der Waals surface area contributed by atoms with Gasteiger partial charge in [0.2, 0.25) is 0 Å². The summed E-state index contributed by atoms with van der Waals surface area (Å²) >= 11 is 5.83. The van der Waals surface area contributed by atoms with Crippen LogP contribution in [0.4, 0.5) is 4.39 Å². The number of aromatic nitrogens is 2. The first kappa shape index (κ1) is 18.1. The van der Waals surface area contributed by atoms with Crippen LogP contribution in [-0.2, 0) is 6.42 Å². The Morgan fingerprint density at radius 1 is 1.16 bits per heavy atom. The van der Waals surface area contributed by atoms with E-state index in [1.54, 1.807) is 12.1 Å². The van der Waals surface area contributed by atoms with Crippen molar-refractivity contribution in [2.45, 2.75) is 45.4 Å². The van der Waals surface area contributed by atoms with E-state index >= 15 is 0 Å². The molecule has 2 nitrogen and oxygen atoms in total. The van der Waals surface area contributed by atoms with Crippen molar-refractivity contribution in [3.8, 4) is 11.4 Å². The minimum absolute atomic E-state index is 0.0960. The first-order chi connectivity index (χ1) is 12.2. The van der Waals surface area contributed by atoms with Crippen LogP contribution in [0.25, 0.3) is 11.4 Å². The van der Waals surface area contributed by atoms with Crippen LogP contribution >= 0.6 is 11.6 Å². The van der Waals surface area contributed by atoms with E-state index in [0.717, 1.165) is 29.4 Å². The number of halogens is 2. The van der Waals surface area contributed by atoms with E-state index in [1.807, 2.05) is 12.4 Å². The molecule has 0 amide bonds. The molecule has 1 heterocycles. The van der Waals surface area contributed by atoms with Crippen molar-refractivity contribution in [1.82, 2.24) is 9.97 Å². The number of nitrogens with zero attached hydrogens (tertiary/aromatic N) is 2. The van der Waals surface area contributed by atoms with Gasteiger partial charge in [0.1, 0.15) is 5.82 Å². The normalized spacial score (nSPS) is 20.9. The van der Waals surface area contributed by atoms with Gasteiger partial charge in [0.05, 0.1) is 5.02 Å². The highest BCUT2D eigenvalue weighted by Gasteiger charge is 2.19. The Balaban J connectivity index is 1.54. The molecule has 3 rings (SSSR count). The summed E-state index contributed by atoms with van der Waals surface area (Å²) in [6, 6.07) is 4.56. The molecule has 1 aliphatic carbocycles. The molecule has 0 unspecified atom stereocenters. The topological polar surface area (TPSA) is 25.8 Å². The monoisotopic (exact) mass is 358 g/mol. The quantitative estimate of drug-likeness (QED) is 0.590. The third-order valence-corrected chi connectivity index (χ3v) is 5.37. The molecule has 25 heavy (non-hydrogen) atoms. The Labute approximate surface area is 154 Å². The minimum atomic E-state index is -0.425. The van der Waals surface area contributed by atoms with Gasteiger partial charge in [-0.3, -0.25) is 0 Å². The Morgan fingerprint density at radius 3 is 2.52 bits per heavy atom. The third-order valence-electron chi connectivity index (χ3n) is 5.08. The lowest BCUT2D eigenvalue weighted by atomic mass is 9.79. The molecule has 0 atom stereocenters. The van der Waals surface area contributed by atoms with Crippen LogP contribution in [0.1, 0.15) is 44.6 Å². The standard InChI is InChI=1S/C21H24ClFN2/c1-2-3-15-4-6-16(7-5-15)8-9-17-13-24-21(25-14-17)18-10-11-20(23)19(22)12-18/h2-3,10-16H,4-9H2,1H3. The predicted molar refractivity (Wildman–Crippen MR) is 101 cm³/mol. The maximum Gasteiger partial charge on any atom is 0.159 e. The van der Waals surface area contributed by atoms with Gasteiger partial charge in [0, 0.05) is 18.0 Å². The third kappa shape index (κ3) is 4.88. The fraction of sp³-hybridized carbons (Fsp3) is 0.429. The zero-order chi connectivity index (χ0) is 17.6. The second-order valence-corrected chi connectivity index (χ2v) is 7.30. The summed E-state index contributed by atoms with van der Waals surface area (Å²) in [4.78, 5) is 8.84. The Bertz CT molecular complexity index is 719. The van der Waals surface area contributed by atoms with Crippen LogP contribution < -0.4 is 0 Å². The summed E-state index contributed by atoms with van der Waals surface area (Å²) in [6.45, 7) is 2.11. The second kappa shape index (κ2) is 8.57. The number of hydrogen-bond acceptors (Lipinski definition) is 2. The van der Waals surface area contributed by atoms with E-state index in [0.29, 0.717) is 5.82 Å². The molecule has 1 aliphatic rings. The van der Waals surface area contributed by atoms with Gasteiger partial charge in [-0.05, 0) is 81.0 Å². The first-order valence-corrected chi connectivity index (χ1v) is 9.42. The Kier molecular flexibility index (Phi) is 6.19. The van der Waals surface area contributed by atoms with Gasteiger partial charge in [-0.15, -0.1) is 0 Å². The molecule has 4 heteroatoms. The molecule has 0 bridgehead atoms. The summed E-state index contributed by atoms with van der Waals surface area (Å²) < 4.78 is 13.2. The summed E-state index contributed by atoms with van der Waals surface area (Å²) in [5.74, 6) is 1.76. The molecule has 2 aromatic rings. The minimum Gasteiger partial charge on any atom is -0.236 e. The number of hydrogen-bond donors (Lipinski definition) is 0. The average Bonchev–Trinajstić information content (AvgIpc) is 2.64. The van der Waals surface area contributed by atoms with E-state index in [2.05, 4.69) is 29.0 Å². The van der Waals surface area contributed by atoms with Crippen molar-refractivity contribution >= 4 is 11.6 Å². The lowest BCUT2D eigenvalue weighted by molar-refractivity contribution is 0.296. The highest BCUT2D eigenvalue weighted by Crippen LogP contribution is 2.32. The van der Waals surface area contributed by atoms with Crippen molar-refractivity contribution in [1.29, 1.82) is 0 Å². The number of benzene rings is 1. The Hall–Kier alpha value is -1.74. The molecular formula is C21H24ClFN2. The van der Waals surface area contributed by atoms with Gasteiger partial charge in [-0.25, -0.2) is 14.4 Å².